The van der Waals surface area contributed by atoms with E-state index >= 15 is 0 Å². The van der Waals surface area contributed by atoms with Crippen LogP contribution in [0.4, 0.5) is 0 Å². The first-order valence-corrected chi connectivity index (χ1v) is 5.71. The van der Waals surface area contributed by atoms with Gasteiger partial charge in [-0.3, -0.25) is 0 Å². The topological polar surface area (TPSA) is 39.1 Å². The van der Waals surface area contributed by atoms with Crippen LogP contribution >= 0.6 is 0 Å². The Morgan fingerprint density at radius 3 is 3.00 bits per heavy atom. The molecule has 0 amide bonds. The summed E-state index contributed by atoms with van der Waals surface area (Å²) in [5.74, 6) is 1.99. The Morgan fingerprint density at radius 2 is 2.33 bits per heavy atom. The molecule has 82 valence electrons. The molecule has 0 unspecified atom stereocenters. The summed E-state index contributed by atoms with van der Waals surface area (Å²) < 4.78 is 8.13. The van der Waals surface area contributed by atoms with Gasteiger partial charge in [0.15, 0.2) is 0 Å². The van der Waals surface area contributed by atoms with Crippen LogP contribution in [-0.2, 0) is 13.0 Å². The van der Waals surface area contributed by atoms with E-state index in [4.69, 9.17) is 4.74 Å². The largest absolute Gasteiger partial charge is 0.468 e. The molecule has 3 heterocycles. The van der Waals surface area contributed by atoms with E-state index in [1.54, 1.807) is 0 Å². The Bertz CT molecular complexity index is 344. The summed E-state index contributed by atoms with van der Waals surface area (Å²) in [5.41, 5.74) is -0.0372. The number of aromatic nitrogens is 2. The van der Waals surface area contributed by atoms with Crippen LogP contribution in [0.3, 0.4) is 0 Å². The summed E-state index contributed by atoms with van der Waals surface area (Å²) in [6, 6.07) is 0. The minimum Gasteiger partial charge on any atom is -0.468 e. The number of nitrogens with zero attached hydrogens (tertiary/aromatic N) is 2. The molecule has 1 N–H and O–H groups in total. The van der Waals surface area contributed by atoms with E-state index in [0.29, 0.717) is 0 Å². The number of hydrogen-bond donors (Lipinski definition) is 1. The molecule has 0 aliphatic carbocycles. The van der Waals surface area contributed by atoms with Crippen molar-refractivity contribution in [2.45, 2.75) is 38.3 Å². The maximum absolute atomic E-state index is 5.90. The van der Waals surface area contributed by atoms with Crippen LogP contribution in [0.5, 0.6) is 5.88 Å². The van der Waals surface area contributed by atoms with Crippen molar-refractivity contribution in [3.05, 3.63) is 12.0 Å². The number of nitrogens with one attached hydrogen (secondary N) is 1. The number of rotatable bonds is 2. The molecule has 0 radical (unpaired) electrons. The fourth-order valence-electron chi connectivity index (χ4n) is 2.24. The third kappa shape index (κ3) is 1.63. The Hall–Kier alpha value is -1.03. The van der Waals surface area contributed by atoms with Crippen LogP contribution in [0.15, 0.2) is 6.20 Å². The van der Waals surface area contributed by atoms with Crippen LogP contribution in [0, 0.1) is 0 Å². The van der Waals surface area contributed by atoms with Crippen molar-refractivity contribution in [3.63, 3.8) is 0 Å². The molecule has 1 saturated heterocycles. The molecular formula is C11H17N3O. The van der Waals surface area contributed by atoms with Gasteiger partial charge in [0.25, 0.3) is 0 Å². The summed E-state index contributed by atoms with van der Waals surface area (Å²) in [6.45, 7) is 5.08. The van der Waals surface area contributed by atoms with Crippen molar-refractivity contribution in [2.24, 2.45) is 0 Å². The van der Waals surface area contributed by atoms with Crippen molar-refractivity contribution in [1.29, 1.82) is 0 Å². The fraction of sp³-hybridized carbons (Fsp3) is 0.727. The van der Waals surface area contributed by atoms with Gasteiger partial charge in [-0.15, -0.1) is 0 Å². The van der Waals surface area contributed by atoms with Crippen molar-refractivity contribution in [3.8, 4) is 5.88 Å². The fourth-order valence-corrected chi connectivity index (χ4v) is 2.24. The number of aryl methyl sites for hydroxylation is 2. The van der Waals surface area contributed by atoms with E-state index < -0.39 is 0 Å². The first kappa shape index (κ1) is 9.21. The highest BCUT2D eigenvalue weighted by Gasteiger charge is 2.34. The van der Waals surface area contributed by atoms with Gasteiger partial charge in [0.05, 0.1) is 6.20 Å². The van der Waals surface area contributed by atoms with E-state index in [9.17, 15) is 0 Å². The van der Waals surface area contributed by atoms with E-state index in [0.717, 1.165) is 31.9 Å². The molecule has 0 spiro atoms. The van der Waals surface area contributed by atoms with Gasteiger partial charge in [-0.1, -0.05) is 0 Å². The van der Waals surface area contributed by atoms with E-state index in [-0.39, 0.29) is 5.60 Å². The van der Waals surface area contributed by atoms with Gasteiger partial charge < -0.3 is 14.6 Å². The first-order chi connectivity index (χ1) is 7.25. The Kier molecular flexibility index (Phi) is 1.99. The zero-order valence-electron chi connectivity index (χ0n) is 9.12. The predicted molar refractivity (Wildman–Crippen MR) is 57.1 cm³/mol. The summed E-state index contributed by atoms with van der Waals surface area (Å²) in [4.78, 5) is 4.53. The van der Waals surface area contributed by atoms with Gasteiger partial charge in [-0.2, -0.15) is 4.98 Å². The van der Waals surface area contributed by atoms with Crippen molar-refractivity contribution >= 4 is 0 Å². The lowest BCUT2D eigenvalue weighted by atomic mass is 10.0. The summed E-state index contributed by atoms with van der Waals surface area (Å²) in [6.07, 6.45) is 5.67. The predicted octanol–water partition coefficient (Wildman–Crippen LogP) is 0.960. The Labute approximate surface area is 89.6 Å². The Morgan fingerprint density at radius 1 is 1.47 bits per heavy atom. The maximum atomic E-state index is 5.90. The van der Waals surface area contributed by atoms with E-state index in [2.05, 4.69) is 28.0 Å². The van der Waals surface area contributed by atoms with E-state index in [1.165, 1.54) is 18.7 Å². The second-order valence-corrected chi connectivity index (χ2v) is 4.80. The highest BCUT2D eigenvalue weighted by molar-refractivity contribution is 5.14. The molecule has 1 aromatic heterocycles. The van der Waals surface area contributed by atoms with Crippen LogP contribution in [0.2, 0.25) is 0 Å². The van der Waals surface area contributed by atoms with Crippen molar-refractivity contribution in [1.82, 2.24) is 14.9 Å². The van der Waals surface area contributed by atoms with E-state index in [1.807, 2.05) is 0 Å². The lowest BCUT2D eigenvalue weighted by Gasteiger charge is -2.38. The van der Waals surface area contributed by atoms with Crippen molar-refractivity contribution < 1.29 is 4.74 Å². The van der Waals surface area contributed by atoms with Gasteiger partial charge in [-0.25, -0.2) is 0 Å². The number of fused-ring (bicyclic) bond motifs is 1. The molecule has 0 atom stereocenters. The molecule has 0 aromatic carbocycles. The molecular weight excluding hydrogens is 190 g/mol. The van der Waals surface area contributed by atoms with Gasteiger partial charge in [0.2, 0.25) is 5.88 Å². The van der Waals surface area contributed by atoms with Gasteiger partial charge >= 0.3 is 0 Å². The molecule has 2 aliphatic rings. The third-order valence-corrected chi connectivity index (χ3v) is 3.24. The lowest BCUT2D eigenvalue weighted by molar-refractivity contribution is 0.0307. The quantitative estimate of drug-likeness (QED) is 0.785. The van der Waals surface area contributed by atoms with Crippen LogP contribution in [0.25, 0.3) is 0 Å². The molecule has 2 aliphatic heterocycles. The molecule has 0 saturated carbocycles. The highest BCUT2D eigenvalue weighted by Crippen LogP contribution is 2.23. The maximum Gasteiger partial charge on any atom is 0.232 e. The minimum absolute atomic E-state index is 0.0372. The zero-order valence-corrected chi connectivity index (χ0v) is 9.12. The number of hydrogen-bond acceptors (Lipinski definition) is 3. The van der Waals surface area contributed by atoms with Crippen LogP contribution in [-0.4, -0.2) is 28.2 Å². The summed E-state index contributed by atoms with van der Waals surface area (Å²) >= 11 is 0. The highest BCUT2D eigenvalue weighted by atomic mass is 16.5. The van der Waals surface area contributed by atoms with Crippen LogP contribution in [0.1, 0.15) is 25.6 Å². The molecule has 4 heteroatoms. The number of imidazole rings is 1. The molecule has 1 fully saturated rings. The Balaban J connectivity index is 1.77. The van der Waals surface area contributed by atoms with Gasteiger partial charge in [0, 0.05) is 26.1 Å². The normalized spacial score (nSPS) is 23.0. The zero-order chi connectivity index (χ0) is 10.3. The average molecular weight is 207 g/mol. The molecule has 4 nitrogen and oxygen atoms in total. The summed E-state index contributed by atoms with van der Waals surface area (Å²) in [7, 11) is 0. The summed E-state index contributed by atoms with van der Waals surface area (Å²) in [5, 5.41) is 3.22. The molecule has 1 aromatic rings. The second kappa shape index (κ2) is 3.23. The minimum atomic E-state index is -0.0372. The molecule has 0 bridgehead atoms. The second-order valence-electron chi connectivity index (χ2n) is 4.80. The molecule has 3 rings (SSSR count). The standard InChI is InChI=1S/C11H17N3O/c1-11(7-12-8-11)15-10-6-14-5-3-2-4-9(14)13-10/h6,12H,2-5,7-8H2,1H3. The van der Waals surface area contributed by atoms with Crippen molar-refractivity contribution in [2.75, 3.05) is 13.1 Å². The third-order valence-electron chi connectivity index (χ3n) is 3.24. The van der Waals surface area contributed by atoms with Gasteiger partial charge in [0.1, 0.15) is 11.4 Å². The smallest absolute Gasteiger partial charge is 0.232 e. The monoisotopic (exact) mass is 207 g/mol. The lowest BCUT2D eigenvalue weighted by Crippen LogP contribution is -2.61. The number of ether oxygens (including phenoxy) is 1. The van der Waals surface area contributed by atoms with Gasteiger partial charge in [-0.05, 0) is 19.8 Å². The first-order valence-electron chi connectivity index (χ1n) is 5.71. The van der Waals surface area contributed by atoms with Crippen LogP contribution < -0.4 is 10.1 Å². The molecule has 15 heavy (non-hydrogen) atoms. The SMILES string of the molecule is CC1(Oc2cn3c(n2)CCCC3)CNC1. The average Bonchev–Trinajstić information content (AvgIpc) is 2.57.